The Hall–Kier alpha value is -3.15. The number of benzene rings is 1. The highest BCUT2D eigenvalue weighted by molar-refractivity contribution is 6.44. The molecule has 0 atom stereocenters. The third-order valence-corrected chi connectivity index (χ3v) is 6.28. The summed E-state index contributed by atoms with van der Waals surface area (Å²) in [7, 11) is 0. The molecule has 1 fully saturated rings. The maximum atomic E-state index is 12.8. The molecule has 1 aliphatic carbocycles. The standard InChI is InChI=1S/C24H27N3O3/c1-3-17-19(12-16-10-6-7-11-18(16)15-8-4-5-9-15)27-13-14(2)26-24(30)21(27)20(17)22(28)23(25)29/h6-7,10-11,13,15H,3-5,8-9,12H2,1-2H3,(H2,25,29)(H,26,30). The van der Waals surface area contributed by atoms with E-state index in [0.29, 0.717) is 24.5 Å². The molecule has 3 aromatic rings. The van der Waals surface area contributed by atoms with Crippen molar-refractivity contribution < 1.29 is 9.59 Å². The minimum atomic E-state index is -1.05. The van der Waals surface area contributed by atoms with Gasteiger partial charge in [0.1, 0.15) is 5.52 Å². The molecule has 2 aromatic heterocycles. The number of aromatic nitrogens is 2. The Kier molecular flexibility index (Phi) is 5.33. The highest BCUT2D eigenvalue weighted by atomic mass is 16.2. The summed E-state index contributed by atoms with van der Waals surface area (Å²) < 4.78 is 1.79. The molecule has 4 rings (SSSR count). The average molecular weight is 405 g/mol. The van der Waals surface area contributed by atoms with E-state index in [1.807, 2.05) is 19.2 Å². The lowest BCUT2D eigenvalue weighted by atomic mass is 9.90. The van der Waals surface area contributed by atoms with Crippen LogP contribution >= 0.6 is 0 Å². The van der Waals surface area contributed by atoms with Crippen LogP contribution in [0, 0.1) is 6.92 Å². The van der Waals surface area contributed by atoms with Gasteiger partial charge in [-0.05, 0) is 48.8 Å². The number of hydrogen-bond donors (Lipinski definition) is 2. The van der Waals surface area contributed by atoms with Crippen LogP contribution in [0.4, 0.5) is 0 Å². The molecule has 2 heterocycles. The number of hydrogen-bond acceptors (Lipinski definition) is 3. The van der Waals surface area contributed by atoms with Gasteiger partial charge in [0.05, 0.1) is 5.56 Å². The number of Topliss-reactive ketones (excluding diaryl/α,β-unsaturated/α-hetero) is 1. The van der Waals surface area contributed by atoms with Crippen molar-refractivity contribution in [3.8, 4) is 0 Å². The average Bonchev–Trinajstić information content (AvgIpc) is 3.34. The molecular formula is C24H27N3O3. The van der Waals surface area contributed by atoms with Crippen LogP contribution in [0.25, 0.3) is 5.52 Å². The van der Waals surface area contributed by atoms with Gasteiger partial charge in [-0.15, -0.1) is 0 Å². The summed E-state index contributed by atoms with van der Waals surface area (Å²) in [5.74, 6) is -1.31. The molecule has 0 bridgehead atoms. The topological polar surface area (TPSA) is 97.4 Å². The second-order valence-electron chi connectivity index (χ2n) is 8.19. The maximum absolute atomic E-state index is 12.8. The summed E-state index contributed by atoms with van der Waals surface area (Å²) in [5, 5.41) is 0. The largest absolute Gasteiger partial charge is 0.363 e. The molecule has 156 valence electrons. The van der Waals surface area contributed by atoms with E-state index >= 15 is 0 Å². The normalized spacial score (nSPS) is 14.5. The number of carbonyl (C=O) groups excluding carboxylic acids is 2. The molecule has 1 aliphatic rings. The van der Waals surface area contributed by atoms with E-state index in [0.717, 1.165) is 11.3 Å². The summed E-state index contributed by atoms with van der Waals surface area (Å²) in [4.78, 5) is 39.9. The molecule has 1 aromatic carbocycles. The number of primary amides is 1. The van der Waals surface area contributed by atoms with Crippen molar-refractivity contribution in [3.05, 3.63) is 74.5 Å². The Labute approximate surface area is 175 Å². The first-order valence-corrected chi connectivity index (χ1v) is 10.6. The number of rotatable bonds is 6. The van der Waals surface area contributed by atoms with Gasteiger partial charge in [0.25, 0.3) is 17.2 Å². The smallest absolute Gasteiger partial charge is 0.289 e. The molecule has 0 aliphatic heterocycles. The summed E-state index contributed by atoms with van der Waals surface area (Å²) in [5.41, 5.74) is 10.1. The fraction of sp³-hybridized carbons (Fsp3) is 0.375. The monoisotopic (exact) mass is 405 g/mol. The lowest BCUT2D eigenvalue weighted by Crippen LogP contribution is -2.25. The zero-order chi connectivity index (χ0) is 21.4. The number of nitrogens with two attached hydrogens (primary N) is 1. The number of aromatic amines is 1. The number of H-pyrrole nitrogens is 1. The van der Waals surface area contributed by atoms with Gasteiger partial charge in [-0.1, -0.05) is 44.0 Å². The molecule has 6 nitrogen and oxygen atoms in total. The number of carbonyl (C=O) groups is 2. The van der Waals surface area contributed by atoms with Crippen LogP contribution in [-0.2, 0) is 17.6 Å². The second-order valence-corrected chi connectivity index (χ2v) is 8.19. The van der Waals surface area contributed by atoms with E-state index in [4.69, 9.17) is 5.73 Å². The predicted octanol–water partition coefficient (Wildman–Crippen LogP) is 3.41. The molecule has 1 amide bonds. The fourth-order valence-corrected chi connectivity index (χ4v) is 4.97. The highest BCUT2D eigenvalue weighted by Gasteiger charge is 2.28. The van der Waals surface area contributed by atoms with E-state index in [9.17, 15) is 14.4 Å². The van der Waals surface area contributed by atoms with E-state index in [-0.39, 0.29) is 16.6 Å². The van der Waals surface area contributed by atoms with E-state index < -0.39 is 11.7 Å². The van der Waals surface area contributed by atoms with Gasteiger partial charge in [0.2, 0.25) is 0 Å². The third kappa shape index (κ3) is 3.36. The zero-order valence-corrected chi connectivity index (χ0v) is 17.5. The molecule has 0 saturated heterocycles. The number of nitrogens with one attached hydrogen (secondary N) is 1. The minimum absolute atomic E-state index is 0.139. The quantitative estimate of drug-likeness (QED) is 0.486. The van der Waals surface area contributed by atoms with Crippen molar-refractivity contribution in [1.29, 1.82) is 0 Å². The van der Waals surface area contributed by atoms with Crippen molar-refractivity contribution in [2.45, 2.75) is 58.3 Å². The number of nitrogens with zero attached hydrogens (tertiary/aromatic N) is 1. The Morgan fingerprint density at radius 2 is 1.90 bits per heavy atom. The predicted molar refractivity (Wildman–Crippen MR) is 116 cm³/mol. The summed E-state index contributed by atoms with van der Waals surface area (Å²) in [6, 6.07) is 8.43. The number of ketones is 1. The summed E-state index contributed by atoms with van der Waals surface area (Å²) in [6.45, 7) is 3.73. The van der Waals surface area contributed by atoms with E-state index in [1.165, 1.54) is 36.8 Å². The highest BCUT2D eigenvalue weighted by Crippen LogP contribution is 2.37. The van der Waals surface area contributed by atoms with Crippen molar-refractivity contribution in [2.24, 2.45) is 5.73 Å². The molecule has 0 spiro atoms. The third-order valence-electron chi connectivity index (χ3n) is 6.28. The first-order valence-electron chi connectivity index (χ1n) is 10.6. The Bertz CT molecular complexity index is 1200. The van der Waals surface area contributed by atoms with E-state index in [2.05, 4.69) is 23.2 Å². The lowest BCUT2D eigenvalue weighted by Gasteiger charge is -2.16. The second kappa shape index (κ2) is 7.94. The molecule has 0 unspecified atom stereocenters. The molecule has 6 heteroatoms. The Morgan fingerprint density at radius 1 is 1.20 bits per heavy atom. The van der Waals surface area contributed by atoms with Crippen molar-refractivity contribution in [2.75, 3.05) is 0 Å². The Morgan fingerprint density at radius 3 is 2.57 bits per heavy atom. The molecular weight excluding hydrogens is 378 g/mol. The van der Waals surface area contributed by atoms with Gasteiger partial charge in [0.15, 0.2) is 0 Å². The number of amides is 1. The fourth-order valence-electron chi connectivity index (χ4n) is 4.97. The Balaban J connectivity index is 1.95. The first kappa shape index (κ1) is 20.1. The molecule has 3 N–H and O–H groups in total. The van der Waals surface area contributed by atoms with Crippen molar-refractivity contribution in [3.63, 3.8) is 0 Å². The van der Waals surface area contributed by atoms with Crippen LogP contribution < -0.4 is 11.3 Å². The van der Waals surface area contributed by atoms with E-state index in [1.54, 1.807) is 11.3 Å². The van der Waals surface area contributed by atoms with Gasteiger partial charge in [-0.3, -0.25) is 14.4 Å². The van der Waals surface area contributed by atoms with Crippen molar-refractivity contribution in [1.82, 2.24) is 9.38 Å². The molecule has 1 saturated carbocycles. The summed E-state index contributed by atoms with van der Waals surface area (Å²) >= 11 is 0. The van der Waals surface area contributed by atoms with Gasteiger partial charge >= 0.3 is 0 Å². The maximum Gasteiger partial charge on any atom is 0.289 e. The number of aryl methyl sites for hydroxylation is 1. The lowest BCUT2D eigenvalue weighted by molar-refractivity contribution is -0.114. The van der Waals surface area contributed by atoms with Gasteiger partial charge in [-0.2, -0.15) is 0 Å². The van der Waals surface area contributed by atoms with Gasteiger partial charge < -0.3 is 15.1 Å². The van der Waals surface area contributed by atoms with Crippen LogP contribution in [0.3, 0.4) is 0 Å². The van der Waals surface area contributed by atoms with Gasteiger partial charge in [-0.25, -0.2) is 0 Å². The van der Waals surface area contributed by atoms with Crippen LogP contribution in [0.2, 0.25) is 0 Å². The number of fused-ring (bicyclic) bond motifs is 1. The molecule has 30 heavy (non-hydrogen) atoms. The zero-order valence-electron chi connectivity index (χ0n) is 17.5. The first-order chi connectivity index (χ1) is 14.4. The van der Waals surface area contributed by atoms with Crippen molar-refractivity contribution >= 4 is 17.2 Å². The van der Waals surface area contributed by atoms with Crippen LogP contribution in [0.15, 0.2) is 35.3 Å². The molecule has 0 radical (unpaired) electrons. The van der Waals surface area contributed by atoms with Crippen LogP contribution in [0.5, 0.6) is 0 Å². The summed E-state index contributed by atoms with van der Waals surface area (Å²) in [6.07, 6.45) is 7.81. The van der Waals surface area contributed by atoms with Crippen LogP contribution in [0.1, 0.15) is 77.0 Å². The van der Waals surface area contributed by atoms with Crippen LogP contribution in [-0.4, -0.2) is 21.1 Å². The minimum Gasteiger partial charge on any atom is -0.363 e. The SMILES string of the molecule is CCc1c(C(=O)C(N)=O)c2c(=O)[nH]c(C)cn2c1Cc1ccccc1C1CCCC1. The van der Waals surface area contributed by atoms with Gasteiger partial charge in [0, 0.05) is 24.0 Å².